The van der Waals surface area contributed by atoms with Crippen LogP contribution in [0.4, 0.5) is 11.4 Å². The van der Waals surface area contributed by atoms with E-state index >= 15 is 0 Å². The summed E-state index contributed by atoms with van der Waals surface area (Å²) in [6.07, 6.45) is -0.280. The summed E-state index contributed by atoms with van der Waals surface area (Å²) < 4.78 is 5.29. The van der Waals surface area contributed by atoms with Crippen molar-refractivity contribution in [1.82, 2.24) is 0 Å². The lowest BCUT2D eigenvalue weighted by Crippen LogP contribution is -2.28. The molecular formula is C18H15N3O4. The topological polar surface area (TPSA) is 89.0 Å². The van der Waals surface area contributed by atoms with Gasteiger partial charge in [0.25, 0.3) is 11.8 Å². The molecule has 0 radical (unpaired) electrons. The first-order valence-electron chi connectivity index (χ1n) is 7.85. The predicted molar refractivity (Wildman–Crippen MR) is 91.7 cm³/mol. The maximum Gasteiger partial charge on any atom is 0.268 e. The number of carbonyl (C=O) groups is 2. The Morgan fingerprint density at radius 1 is 1.20 bits per heavy atom. The highest BCUT2D eigenvalue weighted by atomic mass is 16.6. The number of rotatable bonds is 3. The number of hydrogen-bond donors (Lipinski definition) is 2. The molecule has 2 aromatic rings. The van der Waals surface area contributed by atoms with Gasteiger partial charge in [-0.15, -0.1) is 0 Å². The summed E-state index contributed by atoms with van der Waals surface area (Å²) in [5.74, 6) is 0.0538. The van der Waals surface area contributed by atoms with Gasteiger partial charge in [0.15, 0.2) is 6.61 Å². The average molecular weight is 337 g/mol. The summed E-state index contributed by atoms with van der Waals surface area (Å²) in [6.45, 7) is -0.00573. The van der Waals surface area contributed by atoms with Crippen molar-refractivity contribution in [3.8, 4) is 5.75 Å². The molecule has 0 fully saturated rings. The van der Waals surface area contributed by atoms with Gasteiger partial charge in [-0.3, -0.25) is 9.59 Å². The largest absolute Gasteiger partial charge is 0.482 e. The average Bonchev–Trinajstić information content (AvgIpc) is 3.12. The molecule has 0 bridgehead atoms. The van der Waals surface area contributed by atoms with Crippen molar-refractivity contribution < 1.29 is 19.2 Å². The van der Waals surface area contributed by atoms with Crippen LogP contribution in [-0.4, -0.2) is 30.2 Å². The molecule has 25 heavy (non-hydrogen) atoms. The first kappa shape index (κ1) is 15.2. The molecule has 2 aliphatic heterocycles. The number of benzene rings is 2. The number of amides is 2. The Kier molecular flexibility index (Phi) is 3.81. The van der Waals surface area contributed by atoms with Gasteiger partial charge in [0, 0.05) is 12.1 Å². The lowest BCUT2D eigenvalue weighted by molar-refractivity contribution is -0.125. The van der Waals surface area contributed by atoms with Gasteiger partial charge in [0.05, 0.1) is 11.4 Å². The number of nitrogens with zero attached hydrogens (tertiary/aromatic N) is 1. The minimum atomic E-state index is -0.683. The minimum absolute atomic E-state index is 0.00573. The zero-order valence-corrected chi connectivity index (χ0v) is 13.2. The van der Waals surface area contributed by atoms with E-state index in [0.717, 1.165) is 11.3 Å². The summed E-state index contributed by atoms with van der Waals surface area (Å²) in [4.78, 5) is 29.0. The molecule has 7 nitrogen and oxygen atoms in total. The predicted octanol–water partition coefficient (Wildman–Crippen LogP) is 2.15. The molecule has 0 unspecified atom stereocenters. The van der Waals surface area contributed by atoms with Crippen LogP contribution < -0.4 is 15.4 Å². The van der Waals surface area contributed by atoms with Crippen LogP contribution in [0.5, 0.6) is 5.75 Å². The number of anilines is 2. The van der Waals surface area contributed by atoms with Gasteiger partial charge in [-0.05, 0) is 23.8 Å². The number of oxime groups is 1. The number of carbonyl (C=O) groups excluding carboxylic acids is 2. The molecule has 126 valence electrons. The van der Waals surface area contributed by atoms with Crippen molar-refractivity contribution in [1.29, 1.82) is 0 Å². The van der Waals surface area contributed by atoms with Crippen molar-refractivity contribution in [3.05, 3.63) is 54.1 Å². The van der Waals surface area contributed by atoms with E-state index in [0.29, 0.717) is 23.5 Å². The zero-order chi connectivity index (χ0) is 17.2. The fraction of sp³-hybridized carbons (Fsp3) is 0.167. The van der Waals surface area contributed by atoms with Gasteiger partial charge in [-0.1, -0.05) is 35.5 Å². The molecule has 0 saturated heterocycles. The smallest absolute Gasteiger partial charge is 0.268 e. The van der Waals surface area contributed by atoms with Crippen molar-refractivity contribution in [2.24, 2.45) is 5.16 Å². The fourth-order valence-electron chi connectivity index (χ4n) is 2.70. The maximum atomic E-state index is 12.4. The van der Waals surface area contributed by atoms with Gasteiger partial charge in [0.2, 0.25) is 6.10 Å². The van der Waals surface area contributed by atoms with Crippen molar-refractivity contribution in [2.45, 2.75) is 12.5 Å². The van der Waals surface area contributed by atoms with Gasteiger partial charge in [0.1, 0.15) is 5.75 Å². The van der Waals surface area contributed by atoms with E-state index in [1.54, 1.807) is 18.2 Å². The van der Waals surface area contributed by atoms with Crippen LogP contribution in [0.3, 0.4) is 0 Å². The first-order chi connectivity index (χ1) is 12.2. The molecule has 0 spiro atoms. The fourth-order valence-corrected chi connectivity index (χ4v) is 2.70. The Hall–Kier alpha value is -3.35. The van der Waals surface area contributed by atoms with Crippen LogP contribution in [-0.2, 0) is 14.4 Å². The molecular weight excluding hydrogens is 322 g/mol. The van der Waals surface area contributed by atoms with E-state index in [4.69, 9.17) is 9.57 Å². The van der Waals surface area contributed by atoms with Crippen molar-refractivity contribution in [2.75, 3.05) is 17.2 Å². The van der Waals surface area contributed by atoms with E-state index in [-0.39, 0.29) is 18.4 Å². The van der Waals surface area contributed by atoms with Crippen LogP contribution >= 0.6 is 0 Å². The summed E-state index contributed by atoms with van der Waals surface area (Å²) in [7, 11) is 0. The molecule has 2 aliphatic rings. The van der Waals surface area contributed by atoms with Gasteiger partial charge < -0.3 is 20.2 Å². The van der Waals surface area contributed by atoms with Crippen molar-refractivity contribution >= 4 is 28.9 Å². The lowest BCUT2D eigenvalue weighted by atomic mass is 10.0. The van der Waals surface area contributed by atoms with Gasteiger partial charge >= 0.3 is 0 Å². The summed E-state index contributed by atoms with van der Waals surface area (Å²) >= 11 is 0. The molecule has 4 rings (SSSR count). The lowest BCUT2D eigenvalue weighted by Gasteiger charge is -2.19. The molecule has 0 aliphatic carbocycles. The van der Waals surface area contributed by atoms with Crippen molar-refractivity contribution in [3.63, 3.8) is 0 Å². The Bertz CT molecular complexity index is 864. The summed E-state index contributed by atoms with van der Waals surface area (Å²) in [6, 6.07) is 14.7. The maximum absolute atomic E-state index is 12.4. The molecule has 1 atom stereocenters. The zero-order valence-electron chi connectivity index (χ0n) is 13.2. The Labute approximate surface area is 143 Å². The van der Waals surface area contributed by atoms with Gasteiger partial charge in [-0.25, -0.2) is 0 Å². The second kappa shape index (κ2) is 6.27. The van der Waals surface area contributed by atoms with Crippen LogP contribution in [0.1, 0.15) is 12.0 Å². The quantitative estimate of drug-likeness (QED) is 0.898. The molecule has 2 N–H and O–H groups in total. The molecule has 0 aromatic heterocycles. The van der Waals surface area contributed by atoms with Crippen LogP contribution in [0, 0.1) is 0 Å². The third kappa shape index (κ3) is 3.16. The minimum Gasteiger partial charge on any atom is -0.482 e. The molecule has 0 saturated carbocycles. The van der Waals surface area contributed by atoms with Gasteiger partial charge in [-0.2, -0.15) is 0 Å². The monoisotopic (exact) mass is 337 g/mol. The molecule has 2 amide bonds. The number of hydrogen-bond acceptors (Lipinski definition) is 5. The highest BCUT2D eigenvalue weighted by molar-refractivity contribution is 6.06. The van der Waals surface area contributed by atoms with Crippen LogP contribution in [0.2, 0.25) is 0 Å². The van der Waals surface area contributed by atoms with E-state index in [1.165, 1.54) is 0 Å². The summed E-state index contributed by atoms with van der Waals surface area (Å²) in [5.41, 5.74) is 2.76. The molecule has 2 heterocycles. The van der Waals surface area contributed by atoms with E-state index < -0.39 is 6.10 Å². The number of nitrogens with one attached hydrogen (secondary N) is 2. The normalized spacial score (nSPS) is 18.3. The van der Waals surface area contributed by atoms with Crippen LogP contribution in [0.15, 0.2) is 53.7 Å². The van der Waals surface area contributed by atoms with Crippen LogP contribution in [0.25, 0.3) is 0 Å². The SMILES string of the molecule is O=C1COc2ccc(NC(=O)[C@H]3CC(c4ccccc4)=NO3)cc2N1. The second-order valence-corrected chi connectivity index (χ2v) is 5.74. The highest BCUT2D eigenvalue weighted by Gasteiger charge is 2.29. The third-order valence-electron chi connectivity index (χ3n) is 3.95. The molecule has 7 heteroatoms. The first-order valence-corrected chi connectivity index (χ1v) is 7.85. The van der Waals surface area contributed by atoms with E-state index in [9.17, 15) is 9.59 Å². The third-order valence-corrected chi connectivity index (χ3v) is 3.95. The number of fused-ring (bicyclic) bond motifs is 1. The molecule has 2 aromatic carbocycles. The highest BCUT2D eigenvalue weighted by Crippen LogP contribution is 2.30. The summed E-state index contributed by atoms with van der Waals surface area (Å²) in [5, 5.41) is 9.49. The second-order valence-electron chi connectivity index (χ2n) is 5.74. The Morgan fingerprint density at radius 3 is 2.88 bits per heavy atom. The van der Waals surface area contributed by atoms with E-state index in [1.807, 2.05) is 30.3 Å². The standard InChI is InChI=1S/C18H15N3O4/c22-17-10-24-15-7-6-12(8-14(15)20-17)19-18(23)16-9-13(21-25-16)11-4-2-1-3-5-11/h1-8,16H,9-10H2,(H,19,23)(H,20,22)/t16-/m1/s1. The van der Waals surface area contributed by atoms with E-state index in [2.05, 4.69) is 15.8 Å². The Balaban J connectivity index is 1.42. The Morgan fingerprint density at radius 2 is 2.04 bits per heavy atom. The number of ether oxygens (including phenoxy) is 1.